The quantitative estimate of drug-likeness (QED) is 0.886. The van der Waals surface area contributed by atoms with E-state index in [1.54, 1.807) is 0 Å². The molecule has 106 valence electrons. The van der Waals surface area contributed by atoms with Crippen LogP contribution < -0.4 is 0 Å². The van der Waals surface area contributed by atoms with Gasteiger partial charge in [-0.05, 0) is 38.8 Å². The second-order valence-corrected chi connectivity index (χ2v) is 5.38. The number of rotatable bonds is 5. The zero-order valence-corrected chi connectivity index (χ0v) is 11.7. The third-order valence-corrected chi connectivity index (χ3v) is 4.15. The number of aromatic nitrogens is 2. The monoisotopic (exact) mass is 265 g/mol. The molecule has 1 N–H and O–H groups in total. The van der Waals surface area contributed by atoms with Gasteiger partial charge in [0.1, 0.15) is 0 Å². The molecule has 1 saturated heterocycles. The number of carboxylic acids is 1. The van der Waals surface area contributed by atoms with Crippen molar-refractivity contribution in [1.29, 1.82) is 0 Å². The van der Waals surface area contributed by atoms with Crippen LogP contribution in [0.3, 0.4) is 0 Å². The molecule has 2 rings (SSSR count). The predicted octanol–water partition coefficient (Wildman–Crippen LogP) is 2.20. The number of piperidine rings is 1. The van der Waals surface area contributed by atoms with Crippen molar-refractivity contribution in [2.45, 2.75) is 51.1 Å². The van der Waals surface area contributed by atoms with Crippen LogP contribution in [0.5, 0.6) is 0 Å². The lowest BCUT2D eigenvalue weighted by Gasteiger charge is -2.39. The van der Waals surface area contributed by atoms with Gasteiger partial charge in [-0.25, -0.2) is 0 Å². The number of carbonyl (C=O) groups is 1. The lowest BCUT2D eigenvalue weighted by atomic mass is 9.95. The smallest absolute Gasteiger partial charge is 0.303 e. The summed E-state index contributed by atoms with van der Waals surface area (Å²) in [6.07, 6.45) is 6.35. The minimum Gasteiger partial charge on any atom is -0.481 e. The number of aryl methyl sites for hydroxylation is 1. The van der Waals surface area contributed by atoms with Crippen molar-refractivity contribution < 1.29 is 9.90 Å². The lowest BCUT2D eigenvalue weighted by molar-refractivity contribution is -0.137. The van der Waals surface area contributed by atoms with E-state index in [4.69, 9.17) is 5.11 Å². The predicted molar refractivity (Wildman–Crippen MR) is 72.8 cm³/mol. The average Bonchev–Trinajstić information content (AvgIpc) is 2.82. The first kappa shape index (κ1) is 14.1. The molecule has 2 atom stereocenters. The van der Waals surface area contributed by atoms with E-state index in [1.165, 1.54) is 18.5 Å². The Kier molecular flexibility index (Phi) is 4.58. The fourth-order valence-electron chi connectivity index (χ4n) is 3.10. The number of carboxylic acid groups (broad SMARTS) is 1. The molecule has 1 aliphatic rings. The second-order valence-electron chi connectivity index (χ2n) is 5.38. The molecular formula is C14H23N3O2. The molecule has 5 heteroatoms. The molecule has 2 unspecified atom stereocenters. The van der Waals surface area contributed by atoms with E-state index in [2.05, 4.69) is 16.9 Å². The molecule has 2 heterocycles. The molecule has 0 spiro atoms. The summed E-state index contributed by atoms with van der Waals surface area (Å²) < 4.78 is 1.91. The summed E-state index contributed by atoms with van der Waals surface area (Å²) >= 11 is 0. The molecule has 0 aromatic carbocycles. The summed E-state index contributed by atoms with van der Waals surface area (Å²) in [5, 5.41) is 13.1. The van der Waals surface area contributed by atoms with Crippen molar-refractivity contribution in [2.24, 2.45) is 7.05 Å². The van der Waals surface area contributed by atoms with Crippen molar-refractivity contribution in [3.05, 3.63) is 18.0 Å². The maximum Gasteiger partial charge on any atom is 0.303 e. The highest BCUT2D eigenvalue weighted by Gasteiger charge is 2.28. The van der Waals surface area contributed by atoms with Gasteiger partial charge in [-0.15, -0.1) is 0 Å². The Labute approximate surface area is 114 Å². The van der Waals surface area contributed by atoms with Gasteiger partial charge in [0, 0.05) is 31.7 Å². The zero-order chi connectivity index (χ0) is 13.8. The molecular weight excluding hydrogens is 242 g/mol. The number of hydrogen-bond acceptors (Lipinski definition) is 3. The SMILES string of the molecule is CC(c1ccnn1C)N1CCCCC1CCC(=O)O. The second kappa shape index (κ2) is 6.19. The van der Waals surface area contributed by atoms with Crippen LogP contribution in [-0.4, -0.2) is 38.3 Å². The Bertz CT molecular complexity index is 430. The summed E-state index contributed by atoms with van der Waals surface area (Å²) in [7, 11) is 1.96. The summed E-state index contributed by atoms with van der Waals surface area (Å²) in [5.41, 5.74) is 1.20. The number of nitrogens with zero attached hydrogens (tertiary/aromatic N) is 3. The fraction of sp³-hybridized carbons (Fsp3) is 0.714. The Balaban J connectivity index is 2.06. The number of aliphatic carboxylic acids is 1. The van der Waals surface area contributed by atoms with Crippen molar-refractivity contribution in [2.75, 3.05) is 6.54 Å². The van der Waals surface area contributed by atoms with Crippen molar-refractivity contribution in [1.82, 2.24) is 14.7 Å². The molecule has 1 aromatic rings. The highest BCUT2D eigenvalue weighted by Crippen LogP contribution is 2.30. The van der Waals surface area contributed by atoms with E-state index in [-0.39, 0.29) is 6.42 Å². The van der Waals surface area contributed by atoms with Gasteiger partial charge in [0.15, 0.2) is 0 Å². The summed E-state index contributed by atoms with van der Waals surface area (Å²) in [6.45, 7) is 3.24. The molecule has 1 aliphatic heterocycles. The van der Waals surface area contributed by atoms with Gasteiger partial charge >= 0.3 is 5.97 Å². The Morgan fingerprint density at radius 1 is 1.58 bits per heavy atom. The van der Waals surface area contributed by atoms with Gasteiger partial charge in [-0.2, -0.15) is 5.10 Å². The van der Waals surface area contributed by atoms with E-state index >= 15 is 0 Å². The van der Waals surface area contributed by atoms with Crippen molar-refractivity contribution in [3.63, 3.8) is 0 Å². The molecule has 19 heavy (non-hydrogen) atoms. The van der Waals surface area contributed by atoms with Crippen molar-refractivity contribution >= 4 is 5.97 Å². The highest BCUT2D eigenvalue weighted by molar-refractivity contribution is 5.66. The van der Waals surface area contributed by atoms with Gasteiger partial charge in [-0.3, -0.25) is 14.4 Å². The van der Waals surface area contributed by atoms with Gasteiger partial charge in [0.05, 0.1) is 5.69 Å². The Hall–Kier alpha value is -1.36. The minimum atomic E-state index is -0.696. The van der Waals surface area contributed by atoms with Crippen LogP contribution in [0.15, 0.2) is 12.3 Å². The average molecular weight is 265 g/mol. The summed E-state index contributed by atoms with van der Waals surface area (Å²) in [4.78, 5) is 13.2. The van der Waals surface area contributed by atoms with Crippen LogP contribution in [0, 0.1) is 0 Å². The third kappa shape index (κ3) is 3.35. The van der Waals surface area contributed by atoms with Crippen LogP contribution in [0.25, 0.3) is 0 Å². The van der Waals surface area contributed by atoms with Gasteiger partial charge < -0.3 is 5.11 Å². The first-order chi connectivity index (χ1) is 9.09. The van der Waals surface area contributed by atoms with E-state index in [9.17, 15) is 4.79 Å². The molecule has 0 bridgehead atoms. The van der Waals surface area contributed by atoms with Gasteiger partial charge in [0.2, 0.25) is 0 Å². The standard InChI is InChI=1S/C14H23N3O2/c1-11(13-8-9-15-16(13)2)17-10-4-3-5-12(17)6-7-14(18)19/h8-9,11-12H,3-7,10H2,1-2H3,(H,18,19). The molecule has 1 aromatic heterocycles. The van der Waals surface area contributed by atoms with Crippen LogP contribution in [0.1, 0.15) is 50.8 Å². The highest BCUT2D eigenvalue weighted by atomic mass is 16.4. The Morgan fingerprint density at radius 2 is 2.37 bits per heavy atom. The largest absolute Gasteiger partial charge is 0.481 e. The fourth-order valence-corrected chi connectivity index (χ4v) is 3.10. The molecule has 0 radical (unpaired) electrons. The lowest BCUT2D eigenvalue weighted by Crippen LogP contribution is -2.41. The zero-order valence-electron chi connectivity index (χ0n) is 11.7. The van der Waals surface area contributed by atoms with Crippen LogP contribution in [0.2, 0.25) is 0 Å². The van der Waals surface area contributed by atoms with Gasteiger partial charge in [0.25, 0.3) is 0 Å². The molecule has 0 aliphatic carbocycles. The topological polar surface area (TPSA) is 58.4 Å². The Morgan fingerprint density at radius 3 is 3.00 bits per heavy atom. The van der Waals surface area contributed by atoms with E-state index in [0.717, 1.165) is 19.4 Å². The molecule has 1 fully saturated rings. The van der Waals surface area contributed by atoms with E-state index in [1.807, 2.05) is 24.0 Å². The summed E-state index contributed by atoms with van der Waals surface area (Å²) in [6, 6.07) is 2.73. The minimum absolute atomic E-state index is 0.263. The summed E-state index contributed by atoms with van der Waals surface area (Å²) in [5.74, 6) is -0.696. The van der Waals surface area contributed by atoms with E-state index < -0.39 is 5.97 Å². The van der Waals surface area contributed by atoms with Gasteiger partial charge in [-0.1, -0.05) is 6.42 Å². The third-order valence-electron chi connectivity index (χ3n) is 4.15. The first-order valence-corrected chi connectivity index (χ1v) is 7.05. The molecule has 0 saturated carbocycles. The maximum atomic E-state index is 10.8. The van der Waals surface area contributed by atoms with Crippen LogP contribution in [0.4, 0.5) is 0 Å². The van der Waals surface area contributed by atoms with Crippen molar-refractivity contribution in [3.8, 4) is 0 Å². The van der Waals surface area contributed by atoms with E-state index in [0.29, 0.717) is 12.1 Å². The molecule has 5 nitrogen and oxygen atoms in total. The van der Waals surface area contributed by atoms with Crippen LogP contribution in [-0.2, 0) is 11.8 Å². The first-order valence-electron chi connectivity index (χ1n) is 7.05. The normalized spacial score (nSPS) is 22.3. The molecule has 0 amide bonds. The number of hydrogen-bond donors (Lipinski definition) is 1. The maximum absolute atomic E-state index is 10.8. The van der Waals surface area contributed by atoms with Crippen LogP contribution >= 0.6 is 0 Å². The number of likely N-dealkylation sites (tertiary alicyclic amines) is 1.